The van der Waals surface area contributed by atoms with Gasteiger partial charge in [0.15, 0.2) is 17.3 Å². The van der Waals surface area contributed by atoms with Crippen LogP contribution in [0.4, 0.5) is 0 Å². The first kappa shape index (κ1) is 24.4. The number of esters is 2. The SMILES string of the molecule is CCCOC(=O)C1=C(C)NC2=C(C(=O)[C@H](C(=O)OC)[C@@H](C)C2)[C@H]1c1ccc(O)c(OCC)c1. The molecular weight excluding hydrogens is 426 g/mol. The molecule has 0 saturated carbocycles. The van der Waals surface area contributed by atoms with Crippen LogP contribution < -0.4 is 10.1 Å². The molecule has 1 aliphatic carbocycles. The monoisotopic (exact) mass is 457 g/mol. The van der Waals surface area contributed by atoms with E-state index in [9.17, 15) is 19.5 Å². The molecule has 0 radical (unpaired) electrons. The van der Waals surface area contributed by atoms with Crippen LogP contribution in [-0.4, -0.2) is 43.2 Å². The van der Waals surface area contributed by atoms with E-state index < -0.39 is 23.8 Å². The third-order valence-electron chi connectivity index (χ3n) is 6.02. The topological polar surface area (TPSA) is 111 Å². The second-order valence-corrected chi connectivity index (χ2v) is 8.33. The van der Waals surface area contributed by atoms with Gasteiger partial charge in [-0.1, -0.05) is 19.9 Å². The molecule has 33 heavy (non-hydrogen) atoms. The van der Waals surface area contributed by atoms with Gasteiger partial charge >= 0.3 is 11.9 Å². The van der Waals surface area contributed by atoms with Crippen molar-refractivity contribution in [3.63, 3.8) is 0 Å². The van der Waals surface area contributed by atoms with E-state index in [1.165, 1.54) is 13.2 Å². The summed E-state index contributed by atoms with van der Waals surface area (Å²) in [4.78, 5) is 39.3. The molecule has 2 aliphatic rings. The first-order chi connectivity index (χ1) is 15.7. The average Bonchev–Trinajstić information content (AvgIpc) is 2.78. The van der Waals surface area contributed by atoms with Crippen molar-refractivity contribution in [2.75, 3.05) is 20.3 Å². The normalized spacial score (nSPS) is 22.5. The molecule has 2 N–H and O–H groups in total. The summed E-state index contributed by atoms with van der Waals surface area (Å²) in [5.74, 6) is -3.33. The molecule has 0 unspecified atom stereocenters. The molecule has 1 aromatic carbocycles. The predicted octanol–water partition coefficient (Wildman–Crippen LogP) is 3.36. The van der Waals surface area contributed by atoms with E-state index in [2.05, 4.69) is 5.32 Å². The lowest BCUT2D eigenvalue weighted by atomic mass is 9.69. The van der Waals surface area contributed by atoms with E-state index >= 15 is 0 Å². The number of hydrogen-bond acceptors (Lipinski definition) is 8. The largest absolute Gasteiger partial charge is 0.504 e. The lowest BCUT2D eigenvalue weighted by Crippen LogP contribution is -2.43. The van der Waals surface area contributed by atoms with Gasteiger partial charge in [-0.2, -0.15) is 0 Å². The first-order valence-electron chi connectivity index (χ1n) is 11.2. The Morgan fingerprint density at radius 2 is 1.97 bits per heavy atom. The van der Waals surface area contributed by atoms with Crippen molar-refractivity contribution in [2.24, 2.45) is 11.8 Å². The quantitative estimate of drug-likeness (QED) is 0.474. The summed E-state index contributed by atoms with van der Waals surface area (Å²) in [6.07, 6.45) is 1.10. The smallest absolute Gasteiger partial charge is 0.336 e. The Labute approximate surface area is 193 Å². The molecule has 1 heterocycles. The molecule has 0 amide bonds. The maximum Gasteiger partial charge on any atom is 0.336 e. The Bertz CT molecular complexity index is 1020. The van der Waals surface area contributed by atoms with Gasteiger partial charge in [-0.15, -0.1) is 0 Å². The number of hydrogen-bond donors (Lipinski definition) is 2. The highest BCUT2D eigenvalue weighted by molar-refractivity contribution is 6.12. The van der Waals surface area contributed by atoms with Crippen LogP contribution in [0.2, 0.25) is 0 Å². The highest BCUT2D eigenvalue weighted by atomic mass is 16.5. The van der Waals surface area contributed by atoms with Gasteiger partial charge < -0.3 is 24.6 Å². The summed E-state index contributed by atoms with van der Waals surface area (Å²) < 4.78 is 15.9. The highest BCUT2D eigenvalue weighted by Gasteiger charge is 2.47. The molecule has 0 spiro atoms. The summed E-state index contributed by atoms with van der Waals surface area (Å²) >= 11 is 0. The number of Topliss-reactive ketones (excluding diaryl/α,β-unsaturated/α-hetero) is 1. The van der Waals surface area contributed by atoms with Gasteiger partial charge in [-0.3, -0.25) is 9.59 Å². The number of ether oxygens (including phenoxy) is 3. The van der Waals surface area contributed by atoms with Gasteiger partial charge in [0.2, 0.25) is 0 Å². The van der Waals surface area contributed by atoms with E-state index in [1.54, 1.807) is 26.0 Å². The van der Waals surface area contributed by atoms with Gasteiger partial charge in [0, 0.05) is 22.9 Å². The highest BCUT2D eigenvalue weighted by Crippen LogP contribution is 2.46. The van der Waals surface area contributed by atoms with Crippen LogP contribution in [0, 0.1) is 11.8 Å². The van der Waals surface area contributed by atoms with Gasteiger partial charge in [-0.05, 0) is 50.3 Å². The summed E-state index contributed by atoms with van der Waals surface area (Å²) in [6.45, 7) is 7.86. The number of ketones is 1. The fourth-order valence-corrected chi connectivity index (χ4v) is 4.54. The Morgan fingerprint density at radius 1 is 1.24 bits per heavy atom. The number of carbonyl (C=O) groups is 3. The molecule has 0 fully saturated rings. The third kappa shape index (κ3) is 4.60. The fourth-order valence-electron chi connectivity index (χ4n) is 4.54. The summed E-state index contributed by atoms with van der Waals surface area (Å²) in [7, 11) is 1.26. The van der Waals surface area contributed by atoms with Gasteiger partial charge in [0.1, 0.15) is 5.92 Å². The predicted molar refractivity (Wildman–Crippen MR) is 120 cm³/mol. The van der Waals surface area contributed by atoms with E-state index in [1.807, 2.05) is 13.8 Å². The standard InChI is InChI=1S/C25H31NO7/c1-6-10-33-25(30)20-14(4)26-16-11-13(3)19(24(29)31-5)23(28)22(16)21(20)15-8-9-17(27)18(12-15)32-7-2/h8-9,12-13,19,21,26-27H,6-7,10-11H2,1-5H3/t13-,19+,21-/m0/s1. The number of methoxy groups -OCH3 is 1. The molecule has 0 bridgehead atoms. The van der Waals surface area contributed by atoms with E-state index in [-0.39, 0.29) is 29.8 Å². The number of benzene rings is 1. The molecule has 0 saturated heterocycles. The minimum absolute atomic E-state index is 0.0458. The van der Waals surface area contributed by atoms with Crippen molar-refractivity contribution in [1.82, 2.24) is 5.32 Å². The van der Waals surface area contributed by atoms with Crippen LogP contribution in [0.1, 0.15) is 52.0 Å². The van der Waals surface area contributed by atoms with Gasteiger partial charge in [0.25, 0.3) is 0 Å². The van der Waals surface area contributed by atoms with Crippen LogP contribution in [0.25, 0.3) is 0 Å². The minimum Gasteiger partial charge on any atom is -0.504 e. The molecule has 3 atom stereocenters. The Morgan fingerprint density at radius 3 is 2.61 bits per heavy atom. The number of rotatable bonds is 7. The maximum absolute atomic E-state index is 13.7. The lowest BCUT2D eigenvalue weighted by Gasteiger charge is -2.38. The number of nitrogens with one attached hydrogen (secondary N) is 1. The van der Waals surface area contributed by atoms with Gasteiger partial charge in [0.05, 0.1) is 25.9 Å². The number of aromatic hydroxyl groups is 1. The third-order valence-corrected chi connectivity index (χ3v) is 6.02. The molecular formula is C25H31NO7. The van der Waals surface area contributed by atoms with Crippen LogP contribution in [0.5, 0.6) is 11.5 Å². The molecule has 1 aromatic rings. The van der Waals surface area contributed by atoms with E-state index in [4.69, 9.17) is 14.2 Å². The van der Waals surface area contributed by atoms with E-state index in [0.29, 0.717) is 47.6 Å². The number of phenols is 1. The van der Waals surface area contributed by atoms with Crippen LogP contribution in [0.15, 0.2) is 40.7 Å². The van der Waals surface area contributed by atoms with Gasteiger partial charge in [-0.25, -0.2) is 4.79 Å². The summed E-state index contributed by atoms with van der Waals surface area (Å²) in [5, 5.41) is 13.4. The second-order valence-electron chi connectivity index (χ2n) is 8.33. The Kier molecular flexibility index (Phi) is 7.46. The van der Waals surface area contributed by atoms with Crippen molar-refractivity contribution >= 4 is 17.7 Å². The molecule has 8 nitrogen and oxygen atoms in total. The molecule has 8 heteroatoms. The van der Waals surface area contributed by atoms with Crippen molar-refractivity contribution in [3.05, 3.63) is 46.3 Å². The number of dihydropyridines is 1. The number of allylic oxidation sites excluding steroid dienone is 3. The zero-order chi connectivity index (χ0) is 24.3. The molecule has 0 aromatic heterocycles. The van der Waals surface area contributed by atoms with Crippen LogP contribution >= 0.6 is 0 Å². The zero-order valence-corrected chi connectivity index (χ0v) is 19.7. The van der Waals surface area contributed by atoms with Crippen molar-refractivity contribution < 1.29 is 33.7 Å². The zero-order valence-electron chi connectivity index (χ0n) is 19.7. The van der Waals surface area contributed by atoms with E-state index in [0.717, 1.165) is 0 Å². The average molecular weight is 458 g/mol. The van der Waals surface area contributed by atoms with Crippen molar-refractivity contribution in [3.8, 4) is 11.5 Å². The lowest BCUT2D eigenvalue weighted by molar-refractivity contribution is -0.151. The fraction of sp³-hybridized carbons (Fsp3) is 0.480. The van der Waals surface area contributed by atoms with Crippen molar-refractivity contribution in [2.45, 2.75) is 46.5 Å². The van der Waals surface area contributed by atoms with Crippen molar-refractivity contribution in [1.29, 1.82) is 0 Å². The Balaban J connectivity index is 2.19. The summed E-state index contributed by atoms with van der Waals surface area (Å²) in [6, 6.07) is 4.75. The van der Waals surface area contributed by atoms with Crippen LogP contribution in [0.3, 0.4) is 0 Å². The summed E-state index contributed by atoms with van der Waals surface area (Å²) in [5.41, 5.74) is 2.47. The Hall–Kier alpha value is -3.29. The van der Waals surface area contributed by atoms with Crippen LogP contribution in [-0.2, 0) is 23.9 Å². The molecule has 3 rings (SSSR count). The molecule has 1 aliphatic heterocycles. The number of phenolic OH excluding ortho intramolecular Hbond substituents is 1. The minimum atomic E-state index is -0.965. The first-order valence-corrected chi connectivity index (χ1v) is 11.2. The second kappa shape index (κ2) is 10.1. The molecule has 178 valence electrons. The number of carbonyl (C=O) groups excluding carboxylic acids is 3. The maximum atomic E-state index is 13.7.